The summed E-state index contributed by atoms with van der Waals surface area (Å²) in [5, 5.41) is 6.23. The van der Waals surface area contributed by atoms with Crippen molar-refractivity contribution in [3.05, 3.63) is 66.0 Å². The Hall–Kier alpha value is -3.36. The molecule has 0 radical (unpaired) electrons. The first-order chi connectivity index (χ1) is 14.9. The van der Waals surface area contributed by atoms with Gasteiger partial charge in [0.25, 0.3) is 11.8 Å². The Morgan fingerprint density at radius 1 is 1.39 bits per heavy atom. The van der Waals surface area contributed by atoms with E-state index < -0.39 is 5.92 Å². The molecule has 1 saturated heterocycles. The van der Waals surface area contributed by atoms with E-state index in [1.54, 1.807) is 34.7 Å². The fourth-order valence-corrected chi connectivity index (χ4v) is 4.40. The highest BCUT2D eigenvalue weighted by atomic mass is 19.3. The first-order valence-electron chi connectivity index (χ1n) is 10.2. The molecule has 2 aliphatic heterocycles. The number of imidazole rings is 1. The molecule has 1 aliphatic carbocycles. The lowest BCUT2D eigenvalue weighted by Crippen LogP contribution is -2.36. The summed E-state index contributed by atoms with van der Waals surface area (Å²) >= 11 is 0. The molecule has 162 valence electrons. The van der Waals surface area contributed by atoms with Gasteiger partial charge in [0.15, 0.2) is 0 Å². The number of anilines is 1. The van der Waals surface area contributed by atoms with Gasteiger partial charge in [-0.1, -0.05) is 12.2 Å². The highest BCUT2D eigenvalue weighted by Crippen LogP contribution is 2.32. The predicted octanol–water partition coefficient (Wildman–Crippen LogP) is 2.48. The normalized spacial score (nSPS) is 23.9. The minimum atomic E-state index is -2.68. The highest BCUT2D eigenvalue weighted by Gasteiger charge is 2.38. The summed E-state index contributed by atoms with van der Waals surface area (Å²) in [6, 6.07) is 3.54. The molecule has 9 heteroatoms. The van der Waals surface area contributed by atoms with Crippen LogP contribution < -0.4 is 15.5 Å². The number of allylic oxidation sites excluding steroid dienone is 2. The van der Waals surface area contributed by atoms with Crippen LogP contribution in [0.25, 0.3) is 5.65 Å². The first-order valence-corrected chi connectivity index (χ1v) is 10.2. The van der Waals surface area contributed by atoms with E-state index in [1.807, 2.05) is 18.4 Å². The lowest BCUT2D eigenvalue weighted by Gasteiger charge is -2.27. The van der Waals surface area contributed by atoms with Crippen LogP contribution in [0.1, 0.15) is 16.9 Å². The van der Waals surface area contributed by atoms with Crippen LogP contribution in [0.2, 0.25) is 0 Å². The van der Waals surface area contributed by atoms with E-state index in [9.17, 15) is 13.6 Å². The molecule has 0 aromatic carbocycles. The lowest BCUT2D eigenvalue weighted by molar-refractivity contribution is 0.0257. The molecule has 2 unspecified atom stereocenters. The van der Waals surface area contributed by atoms with Crippen molar-refractivity contribution in [1.82, 2.24) is 20.0 Å². The first kappa shape index (κ1) is 19.6. The summed E-state index contributed by atoms with van der Waals surface area (Å²) < 4.78 is 34.3. The zero-order chi connectivity index (χ0) is 21.6. The van der Waals surface area contributed by atoms with Gasteiger partial charge in [0.2, 0.25) is 0 Å². The molecule has 5 rings (SSSR count). The van der Waals surface area contributed by atoms with Crippen molar-refractivity contribution >= 4 is 17.2 Å². The maximum Gasteiger partial charge on any atom is 0.270 e. The van der Waals surface area contributed by atoms with Crippen molar-refractivity contribution < 1.29 is 18.3 Å². The Bertz CT molecular complexity index is 1120. The van der Waals surface area contributed by atoms with Crippen LogP contribution in [0.4, 0.5) is 14.5 Å². The van der Waals surface area contributed by atoms with E-state index >= 15 is 0 Å². The number of amides is 1. The van der Waals surface area contributed by atoms with E-state index in [0.29, 0.717) is 23.6 Å². The van der Waals surface area contributed by atoms with Crippen molar-refractivity contribution in [2.24, 2.45) is 5.92 Å². The molecule has 0 saturated carbocycles. The van der Waals surface area contributed by atoms with Crippen molar-refractivity contribution in [1.29, 1.82) is 0 Å². The van der Waals surface area contributed by atoms with Gasteiger partial charge < -0.3 is 20.3 Å². The number of ether oxygens (including phenoxy) is 1. The van der Waals surface area contributed by atoms with Crippen LogP contribution in [-0.4, -0.2) is 54.0 Å². The largest absolute Gasteiger partial charge is 0.499 e. The number of pyridine rings is 1. The molecule has 2 atom stereocenters. The molecule has 7 nitrogen and oxygen atoms in total. The van der Waals surface area contributed by atoms with Gasteiger partial charge in [0, 0.05) is 31.6 Å². The van der Waals surface area contributed by atoms with E-state index in [2.05, 4.69) is 21.7 Å². The van der Waals surface area contributed by atoms with Gasteiger partial charge in [0.05, 0.1) is 31.6 Å². The van der Waals surface area contributed by atoms with Gasteiger partial charge in [-0.15, -0.1) is 0 Å². The number of methoxy groups -OCH3 is 1. The topological polar surface area (TPSA) is 70.9 Å². The Labute approximate surface area is 178 Å². The molecule has 1 amide bonds. The number of fused-ring (bicyclic) bond motifs is 2. The number of carbonyl (C=O) groups excluding carboxylic acids is 1. The summed E-state index contributed by atoms with van der Waals surface area (Å²) in [7, 11) is 1.64. The van der Waals surface area contributed by atoms with Crippen LogP contribution in [-0.2, 0) is 4.74 Å². The second-order valence-electron chi connectivity index (χ2n) is 8.01. The van der Waals surface area contributed by atoms with Gasteiger partial charge in [-0.2, -0.15) is 0 Å². The number of alkyl halides is 2. The second-order valence-corrected chi connectivity index (χ2v) is 8.01. The van der Waals surface area contributed by atoms with Crippen LogP contribution in [0, 0.1) is 5.92 Å². The van der Waals surface area contributed by atoms with E-state index in [0.717, 1.165) is 11.3 Å². The van der Waals surface area contributed by atoms with E-state index in [-0.39, 0.29) is 37.4 Å². The van der Waals surface area contributed by atoms with Gasteiger partial charge in [0.1, 0.15) is 17.1 Å². The van der Waals surface area contributed by atoms with Gasteiger partial charge >= 0.3 is 0 Å². The van der Waals surface area contributed by atoms with Crippen LogP contribution in [0.3, 0.4) is 0 Å². The smallest absolute Gasteiger partial charge is 0.270 e. The summed E-state index contributed by atoms with van der Waals surface area (Å²) in [5.74, 6) is -1.99. The zero-order valence-electron chi connectivity index (χ0n) is 17.0. The van der Waals surface area contributed by atoms with Crippen LogP contribution >= 0.6 is 0 Å². The van der Waals surface area contributed by atoms with Crippen molar-refractivity contribution in [2.75, 3.05) is 31.6 Å². The number of carbonyl (C=O) groups is 1. The fraction of sp³-hybridized carbons (Fsp3) is 0.364. The van der Waals surface area contributed by atoms with Crippen LogP contribution in [0.15, 0.2) is 60.3 Å². The number of rotatable bonds is 5. The number of hydrogen-bond acceptors (Lipinski definition) is 5. The van der Waals surface area contributed by atoms with Crippen molar-refractivity contribution in [3.63, 3.8) is 0 Å². The van der Waals surface area contributed by atoms with Gasteiger partial charge in [-0.25, -0.2) is 13.8 Å². The molecule has 2 aromatic heterocycles. The minimum Gasteiger partial charge on any atom is -0.499 e. The Balaban J connectivity index is 1.33. The third-order valence-electron chi connectivity index (χ3n) is 6.08. The number of hydrogen-bond donors (Lipinski definition) is 2. The Kier molecular flexibility index (Phi) is 4.68. The minimum absolute atomic E-state index is 0.0406. The Morgan fingerprint density at radius 2 is 2.26 bits per heavy atom. The fourth-order valence-electron chi connectivity index (χ4n) is 4.40. The SMILES string of the molecule is COC1=CC=C(CNC(=O)c2cnc3ccc(N4CCC(F)(F)C4)cn23)C2C=CNC12. The number of aromatic nitrogens is 2. The maximum absolute atomic E-state index is 13.6. The molecule has 0 spiro atoms. The molecule has 1 fully saturated rings. The third kappa shape index (κ3) is 3.54. The number of nitrogens with one attached hydrogen (secondary N) is 2. The molecular weight excluding hydrogens is 404 g/mol. The molecular formula is C22H23F2N5O2. The van der Waals surface area contributed by atoms with Crippen molar-refractivity contribution in [3.8, 4) is 0 Å². The Morgan fingerprint density at radius 3 is 3.03 bits per heavy atom. The maximum atomic E-state index is 13.6. The van der Waals surface area contributed by atoms with Gasteiger partial charge in [-0.05, 0) is 30.0 Å². The molecule has 2 aromatic rings. The van der Waals surface area contributed by atoms with Crippen LogP contribution in [0.5, 0.6) is 0 Å². The molecule has 4 heterocycles. The highest BCUT2D eigenvalue weighted by molar-refractivity contribution is 5.93. The van der Waals surface area contributed by atoms with E-state index in [1.165, 1.54) is 6.20 Å². The summed E-state index contributed by atoms with van der Waals surface area (Å²) in [6.45, 7) is 0.346. The third-order valence-corrected chi connectivity index (χ3v) is 6.08. The predicted molar refractivity (Wildman–Crippen MR) is 112 cm³/mol. The van der Waals surface area contributed by atoms with E-state index in [4.69, 9.17) is 4.74 Å². The monoisotopic (exact) mass is 427 g/mol. The quantitative estimate of drug-likeness (QED) is 0.767. The molecule has 31 heavy (non-hydrogen) atoms. The molecule has 3 aliphatic rings. The summed E-state index contributed by atoms with van der Waals surface area (Å²) in [5.41, 5.74) is 2.67. The standard InChI is InChI=1S/C22H23F2N5O2/c1-31-18-4-2-14(16-6-8-25-20(16)18)10-27-21(30)17-11-26-19-5-3-15(12-29(17)19)28-9-7-22(23,24)13-28/h2-6,8,11-12,16,20,25H,7,9-10,13H2,1H3,(H,27,30). The number of halogens is 2. The van der Waals surface area contributed by atoms with Crippen molar-refractivity contribution in [2.45, 2.75) is 18.4 Å². The summed E-state index contributed by atoms with van der Waals surface area (Å²) in [4.78, 5) is 18.8. The average molecular weight is 427 g/mol. The average Bonchev–Trinajstić information content (AvgIpc) is 3.49. The van der Waals surface area contributed by atoms with Gasteiger partial charge in [-0.3, -0.25) is 9.20 Å². The molecule has 0 bridgehead atoms. The lowest BCUT2D eigenvalue weighted by atomic mass is 9.87. The second kappa shape index (κ2) is 7.40. The number of nitrogens with zero attached hydrogens (tertiary/aromatic N) is 3. The zero-order valence-corrected chi connectivity index (χ0v) is 17.0. The summed E-state index contributed by atoms with van der Waals surface area (Å²) in [6.07, 6.45) is 10.9. The molecule has 2 N–H and O–H groups in total.